The standard InChI is InChI=1S/C31H28F2N4O3/c1-4-39-29-17-28-25(14-20(29)13-23(38)9-8-12-37(2)3)30(21(18-34)19-35-28)36-22-15-26(32)31(27(33)16-22)40-24-10-6-5-7-11-24/h5-11,14-17,19H,4,12-13H2,1-3H3,(H,35,36)/b9-8+. The highest BCUT2D eigenvalue weighted by atomic mass is 19.1. The zero-order chi connectivity index (χ0) is 28.6. The Balaban J connectivity index is 1.72. The molecule has 0 amide bonds. The predicted octanol–water partition coefficient (Wildman–Crippen LogP) is 6.55. The summed E-state index contributed by atoms with van der Waals surface area (Å²) in [7, 11) is 3.81. The molecule has 0 aliphatic heterocycles. The van der Waals surface area contributed by atoms with Gasteiger partial charge in [0.25, 0.3) is 0 Å². The van der Waals surface area contributed by atoms with Crippen LogP contribution in [0.5, 0.6) is 17.2 Å². The quantitative estimate of drug-likeness (QED) is 0.215. The third-order valence-corrected chi connectivity index (χ3v) is 5.84. The van der Waals surface area contributed by atoms with Crippen molar-refractivity contribution < 1.29 is 23.0 Å². The highest BCUT2D eigenvalue weighted by molar-refractivity contribution is 5.99. The molecule has 3 aromatic carbocycles. The number of carbonyl (C=O) groups excluding carboxylic acids is 1. The topological polar surface area (TPSA) is 87.5 Å². The Morgan fingerprint density at radius 2 is 1.85 bits per heavy atom. The number of nitrogens with one attached hydrogen (secondary N) is 1. The largest absolute Gasteiger partial charge is 0.494 e. The van der Waals surface area contributed by atoms with Crippen molar-refractivity contribution in [1.82, 2.24) is 9.88 Å². The Morgan fingerprint density at radius 3 is 2.50 bits per heavy atom. The maximum Gasteiger partial charge on any atom is 0.198 e. The normalized spacial score (nSPS) is 11.1. The van der Waals surface area contributed by atoms with Gasteiger partial charge in [-0.15, -0.1) is 0 Å². The van der Waals surface area contributed by atoms with Gasteiger partial charge in [0.15, 0.2) is 23.2 Å². The lowest BCUT2D eigenvalue weighted by Gasteiger charge is -2.16. The fraction of sp³-hybridized carbons (Fsp3) is 0.194. The number of hydrogen-bond donors (Lipinski definition) is 1. The number of benzene rings is 3. The first-order valence-electron chi connectivity index (χ1n) is 12.6. The van der Waals surface area contributed by atoms with Crippen LogP contribution in [0.3, 0.4) is 0 Å². The van der Waals surface area contributed by atoms with E-state index in [2.05, 4.69) is 16.4 Å². The number of para-hydroxylation sites is 1. The summed E-state index contributed by atoms with van der Waals surface area (Å²) in [5.74, 6) is -1.72. The number of aromatic nitrogens is 1. The maximum absolute atomic E-state index is 14.9. The van der Waals surface area contributed by atoms with E-state index in [9.17, 15) is 18.8 Å². The van der Waals surface area contributed by atoms with Gasteiger partial charge in [-0.25, -0.2) is 8.78 Å². The van der Waals surface area contributed by atoms with Gasteiger partial charge >= 0.3 is 0 Å². The number of nitrogens with zero attached hydrogens (tertiary/aromatic N) is 3. The van der Waals surface area contributed by atoms with Crippen LogP contribution in [0.2, 0.25) is 0 Å². The number of carbonyl (C=O) groups is 1. The summed E-state index contributed by atoms with van der Waals surface area (Å²) in [5.41, 5.74) is 1.60. The molecule has 0 atom stereocenters. The van der Waals surface area contributed by atoms with Gasteiger partial charge in [-0.2, -0.15) is 5.26 Å². The van der Waals surface area contributed by atoms with Crippen molar-refractivity contribution in [3.8, 4) is 23.3 Å². The molecule has 0 aliphatic carbocycles. The van der Waals surface area contributed by atoms with Crippen molar-refractivity contribution in [2.24, 2.45) is 0 Å². The van der Waals surface area contributed by atoms with E-state index in [1.165, 1.54) is 12.3 Å². The highest BCUT2D eigenvalue weighted by Crippen LogP contribution is 2.36. The summed E-state index contributed by atoms with van der Waals surface area (Å²) in [5, 5.41) is 13.2. The van der Waals surface area contributed by atoms with Crippen molar-refractivity contribution >= 4 is 28.1 Å². The van der Waals surface area contributed by atoms with E-state index in [1.807, 2.05) is 25.9 Å². The average molecular weight is 543 g/mol. The third kappa shape index (κ3) is 6.79. The van der Waals surface area contributed by atoms with E-state index in [1.54, 1.807) is 48.5 Å². The van der Waals surface area contributed by atoms with E-state index in [-0.39, 0.29) is 29.2 Å². The van der Waals surface area contributed by atoms with Crippen LogP contribution >= 0.6 is 0 Å². The molecule has 0 fully saturated rings. The van der Waals surface area contributed by atoms with Crippen LogP contribution in [0, 0.1) is 23.0 Å². The number of nitriles is 1. The van der Waals surface area contributed by atoms with Crippen LogP contribution in [0.1, 0.15) is 18.1 Å². The number of ether oxygens (including phenoxy) is 2. The minimum atomic E-state index is -0.919. The Morgan fingerprint density at radius 1 is 1.12 bits per heavy atom. The van der Waals surface area contributed by atoms with Crippen molar-refractivity contribution in [1.29, 1.82) is 5.26 Å². The molecule has 0 unspecified atom stereocenters. The first-order chi connectivity index (χ1) is 19.3. The van der Waals surface area contributed by atoms with Crippen LogP contribution in [-0.2, 0) is 11.2 Å². The minimum absolute atomic E-state index is 0.0558. The summed E-state index contributed by atoms with van der Waals surface area (Å²) in [6.07, 6.45) is 4.73. The molecule has 0 bridgehead atoms. The van der Waals surface area contributed by atoms with Gasteiger partial charge in [0, 0.05) is 54.0 Å². The number of hydrogen-bond acceptors (Lipinski definition) is 7. The van der Waals surface area contributed by atoms with Gasteiger partial charge < -0.3 is 19.7 Å². The molecule has 9 heteroatoms. The van der Waals surface area contributed by atoms with Crippen LogP contribution in [0.4, 0.5) is 20.2 Å². The van der Waals surface area contributed by atoms with Gasteiger partial charge in [0.1, 0.15) is 17.6 Å². The summed E-state index contributed by atoms with van der Waals surface area (Å²) >= 11 is 0. The molecule has 4 rings (SSSR count). The molecule has 1 N–H and O–H groups in total. The molecule has 0 saturated carbocycles. The Bertz CT molecular complexity index is 1580. The molecule has 1 heterocycles. The molecule has 1 aromatic heterocycles. The summed E-state index contributed by atoms with van der Waals surface area (Å²) in [6, 6.07) is 16.0. The second-order valence-corrected chi connectivity index (χ2v) is 9.19. The van der Waals surface area contributed by atoms with Gasteiger partial charge in [-0.3, -0.25) is 9.78 Å². The van der Waals surface area contributed by atoms with Crippen LogP contribution in [-0.4, -0.2) is 42.9 Å². The molecule has 0 radical (unpaired) electrons. The number of allylic oxidation sites excluding steroid dienone is 1. The van der Waals surface area contributed by atoms with E-state index in [0.717, 1.165) is 12.1 Å². The van der Waals surface area contributed by atoms with Crippen molar-refractivity contribution in [2.45, 2.75) is 13.3 Å². The van der Waals surface area contributed by atoms with Gasteiger partial charge in [0.05, 0.1) is 23.4 Å². The molecule has 204 valence electrons. The Kier molecular flexibility index (Phi) is 9.04. The van der Waals surface area contributed by atoms with Gasteiger partial charge in [0.2, 0.25) is 0 Å². The lowest BCUT2D eigenvalue weighted by atomic mass is 10.0. The van der Waals surface area contributed by atoms with E-state index in [4.69, 9.17) is 9.47 Å². The molecule has 0 saturated heterocycles. The van der Waals surface area contributed by atoms with Crippen molar-refractivity contribution in [2.75, 3.05) is 32.6 Å². The van der Waals surface area contributed by atoms with Crippen molar-refractivity contribution in [3.05, 3.63) is 95.7 Å². The van der Waals surface area contributed by atoms with Crippen LogP contribution < -0.4 is 14.8 Å². The first-order valence-corrected chi connectivity index (χ1v) is 12.6. The molecule has 40 heavy (non-hydrogen) atoms. The summed E-state index contributed by atoms with van der Waals surface area (Å²) in [4.78, 5) is 19.0. The van der Waals surface area contributed by atoms with Crippen LogP contribution in [0.15, 0.2) is 72.9 Å². The SMILES string of the molecule is CCOc1cc2ncc(C#N)c(Nc3cc(F)c(Oc4ccccc4)c(F)c3)c2cc1CC(=O)/C=C/CN(C)C. The second kappa shape index (κ2) is 12.8. The summed E-state index contributed by atoms with van der Waals surface area (Å²) in [6.45, 7) is 2.83. The molecule has 4 aromatic rings. The number of rotatable bonds is 11. The first kappa shape index (κ1) is 28.2. The maximum atomic E-state index is 14.9. The number of pyridine rings is 1. The van der Waals surface area contributed by atoms with E-state index >= 15 is 0 Å². The lowest BCUT2D eigenvalue weighted by Crippen LogP contribution is -2.11. The number of ketones is 1. The Labute approximate surface area is 231 Å². The number of anilines is 2. The predicted molar refractivity (Wildman–Crippen MR) is 150 cm³/mol. The number of likely N-dealkylation sites (N-methyl/N-ethyl adjacent to an activating group) is 1. The monoisotopic (exact) mass is 542 g/mol. The molecular formula is C31H28F2N4O3. The summed E-state index contributed by atoms with van der Waals surface area (Å²) < 4.78 is 41.1. The average Bonchev–Trinajstić information content (AvgIpc) is 2.92. The number of halogens is 2. The molecule has 7 nitrogen and oxygen atoms in total. The van der Waals surface area contributed by atoms with Crippen molar-refractivity contribution in [3.63, 3.8) is 0 Å². The lowest BCUT2D eigenvalue weighted by molar-refractivity contribution is -0.114. The minimum Gasteiger partial charge on any atom is -0.494 e. The highest BCUT2D eigenvalue weighted by Gasteiger charge is 2.18. The Hall–Kier alpha value is -4.81. The molecular weight excluding hydrogens is 514 g/mol. The fourth-order valence-electron chi connectivity index (χ4n) is 4.03. The smallest absolute Gasteiger partial charge is 0.198 e. The zero-order valence-corrected chi connectivity index (χ0v) is 22.4. The third-order valence-electron chi connectivity index (χ3n) is 5.84. The van der Waals surface area contributed by atoms with Crippen LogP contribution in [0.25, 0.3) is 10.9 Å². The van der Waals surface area contributed by atoms with Gasteiger partial charge in [-0.05, 0) is 45.3 Å². The molecule has 0 spiro atoms. The fourth-order valence-corrected chi connectivity index (χ4v) is 4.03. The molecule has 0 aliphatic rings. The van der Waals surface area contributed by atoms with E-state index in [0.29, 0.717) is 41.1 Å². The zero-order valence-electron chi connectivity index (χ0n) is 22.4. The van der Waals surface area contributed by atoms with E-state index < -0.39 is 17.4 Å². The second-order valence-electron chi connectivity index (χ2n) is 9.19. The number of fused-ring (bicyclic) bond motifs is 1. The van der Waals surface area contributed by atoms with Gasteiger partial charge in [-0.1, -0.05) is 24.3 Å².